The van der Waals surface area contributed by atoms with E-state index in [0.29, 0.717) is 0 Å². The Morgan fingerprint density at radius 1 is 1.12 bits per heavy atom. The molecule has 1 amide bonds. The molecule has 0 aromatic heterocycles. The second-order valence-corrected chi connectivity index (χ2v) is 4.76. The highest BCUT2D eigenvalue weighted by Gasteiger charge is 2.15. The first-order valence-electron chi connectivity index (χ1n) is 7.03. The predicted molar refractivity (Wildman–Crippen MR) is 85.3 cm³/mol. The SMILES string of the molecule is COc1ccc(C=NNC(=O)c2ccc(F)cc2)c(C(=O)[O-])c1OC. The molecule has 8 heteroatoms. The summed E-state index contributed by atoms with van der Waals surface area (Å²) in [4.78, 5) is 23.3. The third-order valence-electron chi connectivity index (χ3n) is 3.26. The molecule has 0 aliphatic rings. The van der Waals surface area contributed by atoms with E-state index in [4.69, 9.17) is 9.47 Å². The van der Waals surface area contributed by atoms with Gasteiger partial charge < -0.3 is 19.4 Å². The molecule has 2 aromatic carbocycles. The molecule has 0 fully saturated rings. The van der Waals surface area contributed by atoms with Gasteiger partial charge in [-0.2, -0.15) is 5.10 Å². The molecule has 0 bridgehead atoms. The Bertz CT molecular complexity index is 819. The highest BCUT2D eigenvalue weighted by molar-refractivity contribution is 6.01. The molecule has 7 nitrogen and oxygen atoms in total. The van der Waals surface area contributed by atoms with Crippen molar-refractivity contribution in [2.45, 2.75) is 0 Å². The monoisotopic (exact) mass is 345 g/mol. The molecular formula is C17H14FN2O5-. The second kappa shape index (κ2) is 7.91. The first kappa shape index (κ1) is 17.9. The molecule has 0 saturated heterocycles. The number of aromatic carboxylic acids is 1. The lowest BCUT2D eigenvalue weighted by Crippen LogP contribution is -2.25. The van der Waals surface area contributed by atoms with Gasteiger partial charge >= 0.3 is 0 Å². The Morgan fingerprint density at radius 3 is 2.36 bits per heavy atom. The van der Waals surface area contributed by atoms with Gasteiger partial charge in [0.2, 0.25) is 0 Å². The number of hydrazone groups is 1. The van der Waals surface area contributed by atoms with Gasteiger partial charge in [-0.25, -0.2) is 9.82 Å². The maximum atomic E-state index is 12.8. The second-order valence-electron chi connectivity index (χ2n) is 4.76. The van der Waals surface area contributed by atoms with Gasteiger partial charge in [-0.05, 0) is 36.4 Å². The molecule has 0 aliphatic carbocycles. The minimum Gasteiger partial charge on any atom is -0.545 e. The Balaban J connectivity index is 2.24. The van der Waals surface area contributed by atoms with Crippen LogP contribution >= 0.6 is 0 Å². The average Bonchev–Trinajstić information content (AvgIpc) is 2.61. The van der Waals surface area contributed by atoms with E-state index in [1.54, 1.807) is 0 Å². The van der Waals surface area contributed by atoms with Gasteiger partial charge in [0.15, 0.2) is 11.5 Å². The van der Waals surface area contributed by atoms with E-state index in [2.05, 4.69) is 10.5 Å². The van der Waals surface area contributed by atoms with Gasteiger partial charge in [0.05, 0.1) is 32.0 Å². The number of amides is 1. The summed E-state index contributed by atoms with van der Waals surface area (Å²) in [7, 11) is 2.66. The number of nitrogens with one attached hydrogen (secondary N) is 1. The summed E-state index contributed by atoms with van der Waals surface area (Å²) >= 11 is 0. The maximum Gasteiger partial charge on any atom is 0.271 e. The van der Waals surface area contributed by atoms with E-state index in [1.807, 2.05) is 0 Å². The van der Waals surface area contributed by atoms with Crippen molar-refractivity contribution in [3.8, 4) is 11.5 Å². The number of carboxylic acids is 1. The lowest BCUT2D eigenvalue weighted by molar-refractivity contribution is -0.255. The van der Waals surface area contributed by atoms with Crippen molar-refractivity contribution in [2.24, 2.45) is 5.10 Å². The van der Waals surface area contributed by atoms with E-state index in [9.17, 15) is 19.1 Å². The van der Waals surface area contributed by atoms with Gasteiger partial charge in [-0.1, -0.05) is 0 Å². The third kappa shape index (κ3) is 4.11. The van der Waals surface area contributed by atoms with Crippen molar-refractivity contribution in [3.05, 3.63) is 58.9 Å². The summed E-state index contributed by atoms with van der Waals surface area (Å²) in [6.07, 6.45) is 1.13. The van der Waals surface area contributed by atoms with E-state index in [0.717, 1.165) is 18.3 Å². The molecule has 0 atom stereocenters. The molecule has 25 heavy (non-hydrogen) atoms. The van der Waals surface area contributed by atoms with Crippen molar-refractivity contribution >= 4 is 18.1 Å². The van der Waals surface area contributed by atoms with Crippen LogP contribution in [0.2, 0.25) is 0 Å². The van der Waals surface area contributed by atoms with Gasteiger partial charge in [0.1, 0.15) is 5.82 Å². The number of rotatable bonds is 6. The molecule has 2 aromatic rings. The molecule has 2 rings (SSSR count). The zero-order valence-corrected chi connectivity index (χ0v) is 13.4. The van der Waals surface area contributed by atoms with Crippen LogP contribution in [0.1, 0.15) is 26.3 Å². The van der Waals surface area contributed by atoms with E-state index in [-0.39, 0.29) is 28.2 Å². The number of benzene rings is 2. The Hall–Kier alpha value is -3.42. The minimum atomic E-state index is -1.48. The van der Waals surface area contributed by atoms with Crippen LogP contribution < -0.4 is 20.0 Å². The largest absolute Gasteiger partial charge is 0.545 e. The van der Waals surface area contributed by atoms with Crippen LogP contribution in [0.4, 0.5) is 4.39 Å². The summed E-state index contributed by atoms with van der Waals surface area (Å²) in [6, 6.07) is 7.79. The molecular weight excluding hydrogens is 331 g/mol. The summed E-state index contributed by atoms with van der Waals surface area (Å²) in [5, 5.41) is 15.1. The highest BCUT2D eigenvalue weighted by atomic mass is 19.1. The van der Waals surface area contributed by atoms with Crippen LogP contribution in [0.25, 0.3) is 0 Å². The zero-order valence-electron chi connectivity index (χ0n) is 13.4. The number of halogens is 1. The Morgan fingerprint density at radius 2 is 1.80 bits per heavy atom. The predicted octanol–water partition coefficient (Wildman–Crippen LogP) is 0.970. The van der Waals surface area contributed by atoms with Gasteiger partial charge in [0.25, 0.3) is 5.91 Å². The van der Waals surface area contributed by atoms with Crippen molar-refractivity contribution < 1.29 is 28.6 Å². The Labute approximate surface area is 142 Å². The fraction of sp³-hybridized carbons (Fsp3) is 0.118. The van der Waals surface area contributed by atoms with Gasteiger partial charge in [0, 0.05) is 11.1 Å². The van der Waals surface area contributed by atoms with Crippen molar-refractivity contribution in [1.29, 1.82) is 0 Å². The number of nitrogens with zero attached hydrogens (tertiary/aromatic N) is 1. The summed E-state index contributed by atoms with van der Waals surface area (Å²) in [5.41, 5.74) is 2.31. The standard InChI is InChI=1S/C17H15FN2O5/c1-24-13-8-5-11(14(17(22)23)15(13)25-2)9-19-20-16(21)10-3-6-12(18)7-4-10/h3-9H,1-2H3,(H,20,21)(H,22,23)/p-1. The molecule has 130 valence electrons. The zero-order chi connectivity index (χ0) is 18.4. The van der Waals surface area contributed by atoms with Crippen LogP contribution in [0, 0.1) is 5.82 Å². The van der Waals surface area contributed by atoms with Crippen LogP contribution in [0.5, 0.6) is 11.5 Å². The molecule has 0 saturated carbocycles. The van der Waals surface area contributed by atoms with Crippen molar-refractivity contribution in [1.82, 2.24) is 5.43 Å². The van der Waals surface area contributed by atoms with E-state index >= 15 is 0 Å². The van der Waals surface area contributed by atoms with Crippen LogP contribution in [0.15, 0.2) is 41.5 Å². The van der Waals surface area contributed by atoms with E-state index < -0.39 is 17.7 Å². The summed E-state index contributed by atoms with van der Waals surface area (Å²) in [6.45, 7) is 0. The third-order valence-corrected chi connectivity index (χ3v) is 3.26. The Kier molecular flexibility index (Phi) is 5.67. The molecule has 0 unspecified atom stereocenters. The van der Waals surface area contributed by atoms with E-state index in [1.165, 1.54) is 38.5 Å². The number of carbonyl (C=O) groups is 2. The molecule has 1 N–H and O–H groups in total. The topological polar surface area (TPSA) is 100 Å². The highest BCUT2D eigenvalue weighted by Crippen LogP contribution is 2.32. The van der Waals surface area contributed by atoms with Crippen LogP contribution in [-0.2, 0) is 0 Å². The summed E-state index contributed by atoms with van der Waals surface area (Å²) in [5.74, 6) is -2.33. The van der Waals surface area contributed by atoms with Crippen molar-refractivity contribution in [3.63, 3.8) is 0 Å². The molecule has 0 heterocycles. The lowest BCUT2D eigenvalue weighted by atomic mass is 10.1. The summed E-state index contributed by atoms with van der Waals surface area (Å²) < 4.78 is 22.9. The van der Waals surface area contributed by atoms with Crippen LogP contribution in [-0.4, -0.2) is 32.3 Å². The number of ether oxygens (including phenoxy) is 2. The number of hydrogen-bond donors (Lipinski definition) is 1. The normalized spacial score (nSPS) is 10.5. The molecule has 0 aliphatic heterocycles. The van der Waals surface area contributed by atoms with Gasteiger partial charge in [-0.3, -0.25) is 4.79 Å². The number of carbonyl (C=O) groups excluding carboxylic acids is 2. The first-order chi connectivity index (χ1) is 12.0. The fourth-order valence-corrected chi connectivity index (χ4v) is 2.09. The number of methoxy groups -OCH3 is 2. The number of carboxylic acid groups (broad SMARTS) is 1. The quantitative estimate of drug-likeness (QED) is 0.621. The molecule has 0 spiro atoms. The van der Waals surface area contributed by atoms with Gasteiger partial charge in [-0.15, -0.1) is 0 Å². The average molecular weight is 345 g/mol. The lowest BCUT2D eigenvalue weighted by Gasteiger charge is -2.15. The number of hydrogen-bond acceptors (Lipinski definition) is 6. The van der Waals surface area contributed by atoms with Crippen LogP contribution in [0.3, 0.4) is 0 Å². The van der Waals surface area contributed by atoms with Crippen molar-refractivity contribution in [2.75, 3.05) is 14.2 Å². The minimum absolute atomic E-state index is 0.0173. The maximum absolute atomic E-state index is 12.8. The fourth-order valence-electron chi connectivity index (χ4n) is 2.09. The molecule has 0 radical (unpaired) electrons. The first-order valence-corrected chi connectivity index (χ1v) is 7.03. The smallest absolute Gasteiger partial charge is 0.271 e.